The Kier molecular flexibility index (Phi) is 33.1. The van der Waals surface area contributed by atoms with Crippen LogP contribution in [0, 0.1) is 0 Å². The molecule has 0 radical (unpaired) electrons. The highest BCUT2D eigenvalue weighted by molar-refractivity contribution is 6.08. The second-order valence-corrected chi connectivity index (χ2v) is 22.2. The van der Waals surface area contributed by atoms with E-state index in [4.69, 9.17) is 0 Å². The third kappa shape index (κ3) is 26.4. The summed E-state index contributed by atoms with van der Waals surface area (Å²) in [5.41, 5.74) is 3.59. The lowest BCUT2D eigenvalue weighted by Gasteiger charge is -2.28. The number of aryl methyl sites for hydroxylation is 1. The van der Waals surface area contributed by atoms with E-state index in [0.717, 1.165) is 68.3 Å². The molecule has 0 saturated carbocycles. The van der Waals surface area contributed by atoms with Crippen LogP contribution in [0.1, 0.15) is 257 Å². The molecule has 1 heterocycles. The molecule has 2 amide bonds. The van der Waals surface area contributed by atoms with Gasteiger partial charge in [-0.05, 0) is 62.8 Å². The first-order valence-electron chi connectivity index (χ1n) is 29.6. The van der Waals surface area contributed by atoms with Crippen molar-refractivity contribution in [3.8, 4) is 0 Å². The van der Waals surface area contributed by atoms with Crippen molar-refractivity contribution < 1.29 is 14.1 Å². The summed E-state index contributed by atoms with van der Waals surface area (Å²) < 4.78 is 3.33. The van der Waals surface area contributed by atoms with E-state index in [2.05, 4.69) is 99.2 Å². The van der Waals surface area contributed by atoms with Crippen LogP contribution in [0.25, 0.3) is 21.8 Å². The van der Waals surface area contributed by atoms with Crippen LogP contribution in [0.3, 0.4) is 0 Å². The highest BCUT2D eigenvalue weighted by Crippen LogP contribution is 2.30. The molecule has 1 aromatic heterocycles. The van der Waals surface area contributed by atoms with E-state index in [1.54, 1.807) is 0 Å². The number of hydrogen-bond acceptors (Lipinski definition) is 2. The molecule has 1 N–H and O–H groups in total. The van der Waals surface area contributed by atoms with Gasteiger partial charge in [0.15, 0.2) is 0 Å². The second-order valence-electron chi connectivity index (χ2n) is 22.2. The van der Waals surface area contributed by atoms with Crippen molar-refractivity contribution in [1.29, 1.82) is 0 Å². The molecule has 0 fully saturated rings. The number of hydrogen-bond donors (Lipinski definition) is 1. The topological polar surface area (TPSA) is 54.3 Å². The monoisotopic (exact) mass is 942 g/mol. The Morgan fingerprint density at radius 3 is 1.35 bits per heavy atom. The lowest BCUT2D eigenvalue weighted by atomic mass is 10.0. The average Bonchev–Trinajstić information content (AvgIpc) is 3.64. The van der Waals surface area contributed by atoms with Gasteiger partial charge in [-0.3, -0.25) is 9.59 Å². The fourth-order valence-corrected chi connectivity index (χ4v) is 10.6. The van der Waals surface area contributed by atoms with Crippen molar-refractivity contribution in [3.63, 3.8) is 0 Å². The van der Waals surface area contributed by atoms with Crippen LogP contribution in [0.2, 0.25) is 0 Å². The summed E-state index contributed by atoms with van der Waals surface area (Å²) in [5, 5.41) is 5.81. The van der Waals surface area contributed by atoms with Crippen molar-refractivity contribution in [3.05, 3.63) is 48.0 Å². The highest BCUT2D eigenvalue weighted by Gasteiger charge is 2.27. The fraction of sp³-hybridized carbons (Fsp3) is 0.774. The van der Waals surface area contributed by atoms with Gasteiger partial charge < -0.3 is 19.3 Å². The molecule has 0 unspecified atom stereocenters. The van der Waals surface area contributed by atoms with E-state index < -0.39 is 6.04 Å². The van der Waals surface area contributed by atoms with E-state index in [9.17, 15) is 9.59 Å². The molecule has 0 aliphatic rings. The molecule has 0 spiro atoms. The highest BCUT2D eigenvalue weighted by atomic mass is 16.2. The molecule has 0 aliphatic heterocycles. The number of rotatable bonds is 45. The normalized spacial score (nSPS) is 12.4. The van der Waals surface area contributed by atoms with Crippen molar-refractivity contribution in [2.75, 3.05) is 40.8 Å². The maximum absolute atomic E-state index is 14.9. The number of benzene rings is 2. The van der Waals surface area contributed by atoms with Crippen LogP contribution in [-0.2, 0) is 22.6 Å². The molecular weight excluding hydrogens is 833 g/mol. The summed E-state index contributed by atoms with van der Waals surface area (Å²) in [5.74, 6) is 0.128. The molecule has 3 aromatic rings. The summed E-state index contributed by atoms with van der Waals surface area (Å²) in [4.78, 5) is 30.7. The van der Waals surface area contributed by atoms with Gasteiger partial charge in [-0.15, -0.1) is 0 Å². The second kappa shape index (κ2) is 37.9. The van der Waals surface area contributed by atoms with Crippen molar-refractivity contribution in [2.24, 2.45) is 0 Å². The Hall–Kier alpha value is -2.86. The van der Waals surface area contributed by atoms with E-state index in [-0.39, 0.29) is 11.8 Å². The molecule has 6 nitrogen and oxygen atoms in total. The van der Waals surface area contributed by atoms with Crippen molar-refractivity contribution >= 4 is 33.6 Å². The van der Waals surface area contributed by atoms with Gasteiger partial charge in [0, 0.05) is 54.3 Å². The minimum Gasteiger partial charge on any atom is -0.344 e. The van der Waals surface area contributed by atoms with Crippen LogP contribution < -0.4 is 5.32 Å². The Morgan fingerprint density at radius 2 is 0.912 bits per heavy atom. The van der Waals surface area contributed by atoms with Gasteiger partial charge in [0.05, 0.1) is 27.7 Å². The Morgan fingerprint density at radius 1 is 0.500 bits per heavy atom. The van der Waals surface area contributed by atoms with Gasteiger partial charge in [0.2, 0.25) is 11.8 Å². The standard InChI is InChI=1S/C62H108N4O2/c1-7-10-12-14-16-18-20-22-24-26-28-30-32-34-36-42-50-64(51-43-37-35-33-31-29-27-25-23-21-19-17-15-13-11-8-2)62(68)58(63-61(67)47-39-38-44-52-66(4,5)6)54-55-48-49-60-57(53-55)56-45-40-41-46-59(56)65(60)9-3/h40-41,45-46,48-49,53,58H,7-39,42-44,47,50-52,54H2,1-6H3/p+1/t58-/m0/s1. The zero-order valence-corrected chi connectivity index (χ0v) is 45.8. The first-order valence-corrected chi connectivity index (χ1v) is 29.6. The minimum absolute atomic E-state index is 0.0158. The molecule has 0 bridgehead atoms. The van der Waals surface area contributed by atoms with Crippen molar-refractivity contribution in [1.82, 2.24) is 14.8 Å². The van der Waals surface area contributed by atoms with Crippen LogP contribution in [0.4, 0.5) is 0 Å². The van der Waals surface area contributed by atoms with Crippen molar-refractivity contribution in [2.45, 2.75) is 271 Å². The number of carbonyl (C=O) groups is 2. The lowest BCUT2D eigenvalue weighted by Crippen LogP contribution is -2.50. The molecule has 1 atom stereocenters. The number of quaternary nitrogens is 1. The third-order valence-corrected chi connectivity index (χ3v) is 14.8. The SMILES string of the molecule is CCCCCCCCCCCCCCCCCCN(CCCCCCCCCCCCCCCCCC)C(=O)[C@H](Cc1ccc2c(c1)c1ccccc1n2CC)NC(=O)CCCCC[N+](C)(C)C. The van der Waals surface area contributed by atoms with Crippen LogP contribution >= 0.6 is 0 Å². The van der Waals surface area contributed by atoms with Crippen LogP contribution in [0.5, 0.6) is 0 Å². The Labute approximate surface area is 420 Å². The number of nitrogens with one attached hydrogen (secondary N) is 1. The van der Waals surface area contributed by atoms with Gasteiger partial charge in [0.25, 0.3) is 0 Å². The number of amides is 2. The summed E-state index contributed by atoms with van der Waals surface area (Å²) >= 11 is 0. The van der Waals surface area contributed by atoms with Gasteiger partial charge >= 0.3 is 0 Å². The maximum atomic E-state index is 14.9. The van der Waals surface area contributed by atoms with Gasteiger partial charge in [-0.25, -0.2) is 0 Å². The van der Waals surface area contributed by atoms with E-state index in [1.807, 2.05) is 0 Å². The van der Waals surface area contributed by atoms with E-state index >= 15 is 0 Å². The predicted octanol–water partition coefficient (Wildman–Crippen LogP) is 17.5. The van der Waals surface area contributed by atoms with E-state index in [1.165, 1.54) is 214 Å². The first-order chi connectivity index (χ1) is 33.2. The molecule has 3 rings (SSSR count). The first kappa shape index (κ1) is 59.4. The quantitative estimate of drug-likeness (QED) is 0.0453. The van der Waals surface area contributed by atoms with Crippen LogP contribution in [-0.4, -0.2) is 72.6 Å². The molecular formula is C62H109N4O2+. The molecule has 388 valence electrons. The Bertz CT molecular complexity index is 1670. The molecule has 0 saturated heterocycles. The fourth-order valence-electron chi connectivity index (χ4n) is 10.6. The number of aromatic nitrogens is 1. The maximum Gasteiger partial charge on any atom is 0.245 e. The smallest absolute Gasteiger partial charge is 0.245 e. The predicted molar refractivity (Wildman–Crippen MR) is 298 cm³/mol. The molecule has 0 aliphatic carbocycles. The van der Waals surface area contributed by atoms with Gasteiger partial charge in [-0.2, -0.15) is 0 Å². The van der Waals surface area contributed by atoms with E-state index in [0.29, 0.717) is 12.8 Å². The lowest BCUT2D eigenvalue weighted by molar-refractivity contribution is -0.870. The molecule has 2 aromatic carbocycles. The molecule has 68 heavy (non-hydrogen) atoms. The minimum atomic E-state index is -0.562. The summed E-state index contributed by atoms with van der Waals surface area (Å²) in [7, 11) is 6.68. The largest absolute Gasteiger partial charge is 0.344 e. The third-order valence-electron chi connectivity index (χ3n) is 14.8. The zero-order valence-electron chi connectivity index (χ0n) is 45.8. The number of fused-ring (bicyclic) bond motifs is 3. The van der Waals surface area contributed by atoms with Gasteiger partial charge in [-0.1, -0.05) is 231 Å². The Balaban J connectivity index is 1.57. The number of para-hydroxylation sites is 1. The zero-order chi connectivity index (χ0) is 48.9. The van der Waals surface area contributed by atoms with Crippen LogP contribution in [0.15, 0.2) is 42.5 Å². The van der Waals surface area contributed by atoms with Gasteiger partial charge in [0.1, 0.15) is 6.04 Å². The number of unbranched alkanes of at least 4 members (excludes halogenated alkanes) is 32. The molecule has 6 heteroatoms. The number of carbonyl (C=O) groups excluding carboxylic acids is 2. The summed E-state index contributed by atoms with van der Waals surface area (Å²) in [6.07, 6.45) is 47.0. The summed E-state index contributed by atoms with van der Waals surface area (Å²) in [6.45, 7) is 10.4. The number of nitrogens with zero attached hydrogens (tertiary/aromatic N) is 3. The summed E-state index contributed by atoms with van der Waals surface area (Å²) in [6, 6.07) is 14.8. The average molecular weight is 943 g/mol.